The van der Waals surface area contributed by atoms with E-state index in [1.54, 1.807) is 49.3 Å². The topological polar surface area (TPSA) is 66.2 Å². The molecule has 0 atom stereocenters. The van der Waals surface area contributed by atoms with Crippen LogP contribution in [0.4, 0.5) is 11.5 Å². The summed E-state index contributed by atoms with van der Waals surface area (Å²) in [7, 11) is 1.77. The van der Waals surface area contributed by atoms with Crippen molar-refractivity contribution in [2.75, 3.05) is 18.6 Å². The third kappa shape index (κ3) is 3.00. The number of rotatable bonds is 4. The number of ether oxygens (including phenoxy) is 1. The molecule has 5 heteroatoms. The van der Waals surface area contributed by atoms with Gasteiger partial charge in [0.25, 0.3) is 0 Å². The highest BCUT2D eigenvalue weighted by Gasteiger charge is 2.18. The van der Waals surface area contributed by atoms with Gasteiger partial charge in [-0.1, -0.05) is 12.1 Å². The minimum absolute atomic E-state index is 0.297. The van der Waals surface area contributed by atoms with Crippen LogP contribution in [0.2, 0.25) is 0 Å². The normalized spacial score (nSPS) is 9.76. The maximum atomic E-state index is 12.0. The Bertz CT molecular complexity index is 692. The zero-order valence-corrected chi connectivity index (χ0v) is 11.9. The first-order chi connectivity index (χ1) is 10.2. The summed E-state index contributed by atoms with van der Waals surface area (Å²) in [6.45, 7) is 2.05. The number of anilines is 2. The van der Waals surface area contributed by atoms with Crippen LogP contribution in [0.3, 0.4) is 0 Å². The molecular formula is C16H15N3O2. The molecule has 1 aromatic heterocycles. The molecule has 2 aromatic rings. The van der Waals surface area contributed by atoms with Crippen LogP contribution in [0.25, 0.3) is 0 Å². The van der Waals surface area contributed by atoms with E-state index in [4.69, 9.17) is 4.74 Å². The van der Waals surface area contributed by atoms with Crippen molar-refractivity contribution in [3.05, 3.63) is 53.7 Å². The summed E-state index contributed by atoms with van der Waals surface area (Å²) in [4.78, 5) is 18.0. The molecule has 0 bridgehead atoms. The van der Waals surface area contributed by atoms with Gasteiger partial charge in [-0.3, -0.25) is 0 Å². The second kappa shape index (κ2) is 6.53. The summed E-state index contributed by atoms with van der Waals surface area (Å²) in [6, 6.07) is 12.6. The van der Waals surface area contributed by atoms with E-state index in [9.17, 15) is 10.1 Å². The van der Waals surface area contributed by atoms with E-state index in [1.807, 2.05) is 12.1 Å². The van der Waals surface area contributed by atoms with Gasteiger partial charge in [0.1, 0.15) is 17.5 Å². The molecule has 0 radical (unpaired) electrons. The van der Waals surface area contributed by atoms with E-state index in [0.717, 1.165) is 0 Å². The number of para-hydroxylation sites is 1. The molecule has 106 valence electrons. The smallest absolute Gasteiger partial charge is 0.341 e. The molecule has 2 rings (SSSR count). The number of carbonyl (C=O) groups excluding carboxylic acids is 1. The van der Waals surface area contributed by atoms with Gasteiger partial charge in [-0.2, -0.15) is 5.26 Å². The first-order valence-corrected chi connectivity index (χ1v) is 6.54. The van der Waals surface area contributed by atoms with Crippen LogP contribution in [0.5, 0.6) is 0 Å². The van der Waals surface area contributed by atoms with Crippen LogP contribution in [0.15, 0.2) is 42.6 Å². The van der Waals surface area contributed by atoms with Gasteiger partial charge >= 0.3 is 5.97 Å². The highest BCUT2D eigenvalue weighted by Crippen LogP contribution is 2.27. The predicted molar refractivity (Wildman–Crippen MR) is 79.4 cm³/mol. The summed E-state index contributed by atoms with van der Waals surface area (Å²) in [5.41, 5.74) is 1.57. The van der Waals surface area contributed by atoms with Crippen molar-refractivity contribution in [2.24, 2.45) is 0 Å². The molecule has 0 fully saturated rings. The van der Waals surface area contributed by atoms with Crippen molar-refractivity contribution in [3.8, 4) is 6.07 Å². The molecule has 0 saturated carbocycles. The van der Waals surface area contributed by atoms with Crippen molar-refractivity contribution in [2.45, 2.75) is 6.92 Å². The molecule has 21 heavy (non-hydrogen) atoms. The molecule has 0 amide bonds. The number of hydrogen-bond acceptors (Lipinski definition) is 5. The number of esters is 1. The van der Waals surface area contributed by atoms with Gasteiger partial charge < -0.3 is 9.64 Å². The number of benzene rings is 1. The largest absolute Gasteiger partial charge is 0.462 e. The molecule has 0 aliphatic rings. The van der Waals surface area contributed by atoms with Crippen molar-refractivity contribution in [1.29, 1.82) is 5.26 Å². The number of hydrogen-bond donors (Lipinski definition) is 0. The number of nitriles is 1. The lowest BCUT2D eigenvalue weighted by Crippen LogP contribution is -2.18. The lowest BCUT2D eigenvalue weighted by atomic mass is 10.1. The third-order valence-electron chi connectivity index (χ3n) is 2.99. The van der Waals surface area contributed by atoms with Crippen molar-refractivity contribution < 1.29 is 9.53 Å². The van der Waals surface area contributed by atoms with Gasteiger partial charge in [-0.25, -0.2) is 9.78 Å². The minimum atomic E-state index is -0.429. The molecule has 0 saturated heterocycles. The molecule has 0 aliphatic carbocycles. The number of pyridine rings is 1. The molecule has 0 unspecified atom stereocenters. The first-order valence-electron chi connectivity index (χ1n) is 6.54. The van der Waals surface area contributed by atoms with Crippen molar-refractivity contribution >= 4 is 17.5 Å². The van der Waals surface area contributed by atoms with E-state index in [-0.39, 0.29) is 0 Å². The maximum Gasteiger partial charge on any atom is 0.341 e. The number of aromatic nitrogens is 1. The van der Waals surface area contributed by atoms with E-state index in [1.165, 1.54) is 0 Å². The molecular weight excluding hydrogens is 266 g/mol. The fraction of sp³-hybridized carbons (Fsp3) is 0.188. The molecule has 1 heterocycles. The van der Waals surface area contributed by atoms with Crippen LogP contribution < -0.4 is 4.90 Å². The zero-order chi connectivity index (χ0) is 15.2. The Morgan fingerprint density at radius 1 is 1.33 bits per heavy atom. The Balaban J connectivity index is 2.47. The van der Waals surface area contributed by atoms with E-state index < -0.39 is 5.97 Å². The van der Waals surface area contributed by atoms with Crippen LogP contribution in [0, 0.1) is 11.3 Å². The summed E-state index contributed by atoms with van der Waals surface area (Å²) >= 11 is 0. The maximum absolute atomic E-state index is 12.0. The quantitative estimate of drug-likeness (QED) is 0.806. The van der Waals surface area contributed by atoms with Gasteiger partial charge in [-0.05, 0) is 31.2 Å². The van der Waals surface area contributed by atoms with Gasteiger partial charge in [0, 0.05) is 13.2 Å². The Morgan fingerprint density at radius 2 is 2.10 bits per heavy atom. The van der Waals surface area contributed by atoms with E-state index in [2.05, 4.69) is 11.1 Å². The van der Waals surface area contributed by atoms with Crippen molar-refractivity contribution in [3.63, 3.8) is 0 Å². The highest BCUT2D eigenvalue weighted by molar-refractivity contribution is 5.95. The van der Waals surface area contributed by atoms with Gasteiger partial charge in [0.05, 0.1) is 17.9 Å². The number of carbonyl (C=O) groups is 1. The molecule has 1 aromatic carbocycles. The molecule has 5 nitrogen and oxygen atoms in total. The summed E-state index contributed by atoms with van der Waals surface area (Å²) in [6.07, 6.45) is 1.60. The van der Waals surface area contributed by atoms with Gasteiger partial charge in [0.2, 0.25) is 0 Å². The molecule has 0 N–H and O–H groups in total. The Kier molecular flexibility index (Phi) is 4.52. The fourth-order valence-corrected chi connectivity index (χ4v) is 2.01. The van der Waals surface area contributed by atoms with Crippen molar-refractivity contribution in [1.82, 2.24) is 4.98 Å². The summed E-state index contributed by atoms with van der Waals surface area (Å²) < 4.78 is 5.04. The lowest BCUT2D eigenvalue weighted by molar-refractivity contribution is 0.0527. The summed E-state index contributed by atoms with van der Waals surface area (Å²) in [5, 5.41) is 9.19. The Morgan fingerprint density at radius 3 is 2.81 bits per heavy atom. The summed E-state index contributed by atoms with van der Waals surface area (Å²) in [5.74, 6) is 0.0283. The van der Waals surface area contributed by atoms with Crippen LogP contribution >= 0.6 is 0 Å². The van der Waals surface area contributed by atoms with Crippen LogP contribution in [0.1, 0.15) is 22.8 Å². The van der Waals surface area contributed by atoms with Gasteiger partial charge in [-0.15, -0.1) is 0 Å². The molecule has 0 aliphatic heterocycles. The van der Waals surface area contributed by atoms with Crippen LogP contribution in [-0.4, -0.2) is 24.6 Å². The molecule has 0 spiro atoms. The Labute approximate surface area is 123 Å². The highest BCUT2D eigenvalue weighted by atomic mass is 16.5. The monoisotopic (exact) mass is 281 g/mol. The van der Waals surface area contributed by atoms with E-state index >= 15 is 0 Å². The third-order valence-corrected chi connectivity index (χ3v) is 2.99. The van der Waals surface area contributed by atoms with Crippen LogP contribution in [-0.2, 0) is 4.74 Å². The second-order valence-electron chi connectivity index (χ2n) is 4.28. The Hall–Kier alpha value is -2.87. The predicted octanol–water partition coefficient (Wildman–Crippen LogP) is 2.90. The lowest BCUT2D eigenvalue weighted by Gasteiger charge is -2.21. The standard InChI is InChI=1S/C16H15N3O2/c1-3-21-16(20)13-8-6-10-18-15(13)19(2)14-9-5-4-7-12(14)11-17/h4-10H,3H2,1-2H3. The fourth-order valence-electron chi connectivity index (χ4n) is 2.01. The SMILES string of the molecule is CCOC(=O)c1cccnc1N(C)c1ccccc1C#N. The van der Waals surface area contributed by atoms with E-state index in [0.29, 0.717) is 29.2 Å². The second-order valence-corrected chi connectivity index (χ2v) is 4.28. The average molecular weight is 281 g/mol. The van der Waals surface area contributed by atoms with Gasteiger partial charge in [0.15, 0.2) is 0 Å². The minimum Gasteiger partial charge on any atom is -0.462 e. The average Bonchev–Trinajstić information content (AvgIpc) is 2.54. The number of nitrogens with zero attached hydrogens (tertiary/aromatic N) is 3. The first kappa shape index (κ1) is 14.5. The zero-order valence-electron chi connectivity index (χ0n) is 11.9.